The normalized spacial score (nSPS) is 14.1. The van der Waals surface area contributed by atoms with E-state index in [0.29, 0.717) is 19.0 Å². The van der Waals surface area contributed by atoms with Crippen LogP contribution >= 0.6 is 24.0 Å². The monoisotopic (exact) mass is 483 g/mol. The van der Waals surface area contributed by atoms with E-state index in [1.54, 1.807) is 7.11 Å². The predicted octanol–water partition coefficient (Wildman–Crippen LogP) is 1.53. The van der Waals surface area contributed by atoms with Crippen LogP contribution in [0.15, 0.2) is 4.99 Å². The standard InChI is InChI=1S/C18H37N5O2.HI/c1-5-19-18(20-11-10-17(24)22(6-2)7-3)21-12-13-23(14-15-25-4)16-8-9-16;/h16H,5-15H2,1-4H3,(H2,19,20,21);1H. The van der Waals surface area contributed by atoms with E-state index in [1.165, 1.54) is 12.8 Å². The molecule has 1 aliphatic rings. The lowest BCUT2D eigenvalue weighted by atomic mass is 10.3. The smallest absolute Gasteiger partial charge is 0.224 e. The zero-order chi connectivity index (χ0) is 18.5. The minimum atomic E-state index is 0. The molecule has 154 valence electrons. The van der Waals surface area contributed by atoms with Gasteiger partial charge in [-0.15, -0.1) is 24.0 Å². The molecule has 1 fully saturated rings. The van der Waals surface area contributed by atoms with Crippen molar-refractivity contribution in [3.05, 3.63) is 0 Å². The first-order chi connectivity index (χ1) is 12.2. The van der Waals surface area contributed by atoms with Gasteiger partial charge in [-0.3, -0.25) is 14.7 Å². The zero-order valence-electron chi connectivity index (χ0n) is 16.9. The predicted molar refractivity (Wildman–Crippen MR) is 118 cm³/mol. The fraction of sp³-hybridized carbons (Fsp3) is 0.889. The molecule has 26 heavy (non-hydrogen) atoms. The van der Waals surface area contributed by atoms with Crippen LogP contribution in [0.5, 0.6) is 0 Å². The number of nitrogens with one attached hydrogen (secondary N) is 2. The number of amides is 1. The van der Waals surface area contributed by atoms with E-state index in [9.17, 15) is 4.79 Å². The lowest BCUT2D eigenvalue weighted by Crippen LogP contribution is -2.40. The third-order valence-corrected chi connectivity index (χ3v) is 4.39. The van der Waals surface area contributed by atoms with Crippen molar-refractivity contribution in [3.8, 4) is 0 Å². The highest BCUT2D eigenvalue weighted by molar-refractivity contribution is 14.0. The van der Waals surface area contributed by atoms with Crippen LogP contribution < -0.4 is 10.6 Å². The molecule has 0 saturated heterocycles. The highest BCUT2D eigenvalue weighted by Gasteiger charge is 2.28. The SMILES string of the molecule is CCNC(=NCCN(CCOC)C1CC1)NCCC(=O)N(CC)CC.I. The quantitative estimate of drug-likeness (QED) is 0.236. The van der Waals surface area contributed by atoms with Gasteiger partial charge in [0.25, 0.3) is 0 Å². The van der Waals surface area contributed by atoms with E-state index >= 15 is 0 Å². The molecular formula is C18H38IN5O2. The molecule has 7 nitrogen and oxygen atoms in total. The number of halogens is 1. The maximum absolute atomic E-state index is 12.0. The second kappa shape index (κ2) is 15.4. The van der Waals surface area contributed by atoms with Gasteiger partial charge in [-0.2, -0.15) is 0 Å². The molecule has 1 aliphatic carbocycles. The molecule has 0 aromatic heterocycles. The summed E-state index contributed by atoms with van der Waals surface area (Å²) in [6.45, 7) is 12.5. The summed E-state index contributed by atoms with van der Waals surface area (Å²) >= 11 is 0. The molecule has 0 spiro atoms. The van der Waals surface area contributed by atoms with Crippen LogP contribution in [0.4, 0.5) is 0 Å². The molecule has 0 aromatic carbocycles. The number of methoxy groups -OCH3 is 1. The number of ether oxygens (including phenoxy) is 1. The molecule has 1 rings (SSSR count). The molecule has 1 amide bonds. The van der Waals surface area contributed by atoms with Crippen LogP contribution in [-0.2, 0) is 9.53 Å². The van der Waals surface area contributed by atoms with Crippen molar-refractivity contribution in [3.63, 3.8) is 0 Å². The van der Waals surface area contributed by atoms with Gasteiger partial charge in [0.15, 0.2) is 5.96 Å². The summed E-state index contributed by atoms with van der Waals surface area (Å²) in [6.07, 6.45) is 3.08. The number of carbonyl (C=O) groups is 1. The average molecular weight is 483 g/mol. The highest BCUT2D eigenvalue weighted by Crippen LogP contribution is 2.26. The number of nitrogens with zero attached hydrogens (tertiary/aromatic N) is 3. The van der Waals surface area contributed by atoms with E-state index in [4.69, 9.17) is 4.74 Å². The number of carbonyl (C=O) groups excluding carboxylic acids is 1. The Hall–Kier alpha value is -0.610. The maximum atomic E-state index is 12.0. The lowest BCUT2D eigenvalue weighted by molar-refractivity contribution is -0.130. The van der Waals surface area contributed by atoms with E-state index in [1.807, 2.05) is 25.7 Å². The topological polar surface area (TPSA) is 69.2 Å². The molecule has 8 heteroatoms. The first kappa shape index (κ1) is 25.4. The molecule has 1 saturated carbocycles. The van der Waals surface area contributed by atoms with E-state index in [-0.39, 0.29) is 29.9 Å². The molecule has 0 heterocycles. The molecule has 2 N–H and O–H groups in total. The van der Waals surface area contributed by atoms with Gasteiger partial charge < -0.3 is 20.3 Å². The van der Waals surface area contributed by atoms with Gasteiger partial charge in [0.2, 0.25) is 5.91 Å². The van der Waals surface area contributed by atoms with Crippen molar-refractivity contribution >= 4 is 35.8 Å². The maximum Gasteiger partial charge on any atom is 0.224 e. The Morgan fingerprint density at radius 2 is 1.85 bits per heavy atom. The van der Waals surface area contributed by atoms with E-state index in [0.717, 1.165) is 51.8 Å². The Morgan fingerprint density at radius 3 is 2.38 bits per heavy atom. The van der Waals surface area contributed by atoms with E-state index in [2.05, 4.69) is 20.5 Å². The molecular weight excluding hydrogens is 445 g/mol. The zero-order valence-corrected chi connectivity index (χ0v) is 19.3. The molecule has 0 atom stereocenters. The number of hydrogen-bond donors (Lipinski definition) is 2. The minimum Gasteiger partial charge on any atom is -0.383 e. The first-order valence-corrected chi connectivity index (χ1v) is 9.69. The molecule has 0 radical (unpaired) electrons. The van der Waals surface area contributed by atoms with Crippen LogP contribution in [0.2, 0.25) is 0 Å². The minimum absolute atomic E-state index is 0. The van der Waals surface area contributed by atoms with Gasteiger partial charge >= 0.3 is 0 Å². The third kappa shape index (κ3) is 10.5. The van der Waals surface area contributed by atoms with Crippen LogP contribution in [0, 0.1) is 0 Å². The second-order valence-electron chi connectivity index (χ2n) is 6.26. The van der Waals surface area contributed by atoms with Crippen molar-refractivity contribution < 1.29 is 9.53 Å². The molecule has 0 aromatic rings. The van der Waals surface area contributed by atoms with Crippen LogP contribution in [0.3, 0.4) is 0 Å². The Labute approximate surface area is 176 Å². The number of hydrogen-bond acceptors (Lipinski definition) is 4. The molecule has 0 aliphatic heterocycles. The van der Waals surface area contributed by atoms with E-state index < -0.39 is 0 Å². The summed E-state index contributed by atoms with van der Waals surface area (Å²) < 4.78 is 5.19. The summed E-state index contributed by atoms with van der Waals surface area (Å²) in [5, 5.41) is 6.51. The van der Waals surface area contributed by atoms with Gasteiger partial charge in [0.05, 0.1) is 13.2 Å². The Balaban J connectivity index is 0.00000625. The van der Waals surface area contributed by atoms with Gasteiger partial charge in [0, 0.05) is 58.8 Å². The summed E-state index contributed by atoms with van der Waals surface area (Å²) in [5.74, 6) is 0.977. The van der Waals surface area contributed by atoms with Gasteiger partial charge in [-0.1, -0.05) is 0 Å². The first-order valence-electron chi connectivity index (χ1n) is 9.69. The Bertz CT molecular complexity index is 401. The van der Waals surface area contributed by atoms with Crippen LogP contribution in [-0.4, -0.2) is 87.2 Å². The average Bonchev–Trinajstić information content (AvgIpc) is 3.44. The highest BCUT2D eigenvalue weighted by atomic mass is 127. The summed E-state index contributed by atoms with van der Waals surface area (Å²) in [5.41, 5.74) is 0. The van der Waals surface area contributed by atoms with Crippen LogP contribution in [0.1, 0.15) is 40.0 Å². The number of aliphatic imine (C=N–C) groups is 1. The fourth-order valence-corrected chi connectivity index (χ4v) is 2.78. The summed E-state index contributed by atoms with van der Waals surface area (Å²) in [6, 6.07) is 0.715. The van der Waals surface area contributed by atoms with Gasteiger partial charge in [-0.25, -0.2) is 0 Å². The van der Waals surface area contributed by atoms with Crippen molar-refractivity contribution in [1.29, 1.82) is 0 Å². The van der Waals surface area contributed by atoms with Crippen molar-refractivity contribution in [2.45, 2.75) is 46.1 Å². The lowest BCUT2D eigenvalue weighted by Gasteiger charge is -2.21. The molecule has 0 unspecified atom stereocenters. The number of rotatable bonds is 13. The van der Waals surface area contributed by atoms with Crippen molar-refractivity contribution in [1.82, 2.24) is 20.4 Å². The Kier molecular flexibility index (Phi) is 15.1. The Morgan fingerprint density at radius 1 is 1.15 bits per heavy atom. The van der Waals surface area contributed by atoms with Crippen LogP contribution in [0.25, 0.3) is 0 Å². The van der Waals surface area contributed by atoms with Gasteiger partial charge in [0.1, 0.15) is 0 Å². The molecule has 0 bridgehead atoms. The van der Waals surface area contributed by atoms with Crippen molar-refractivity contribution in [2.24, 2.45) is 4.99 Å². The second-order valence-corrected chi connectivity index (χ2v) is 6.26. The summed E-state index contributed by atoms with van der Waals surface area (Å²) in [4.78, 5) is 21.0. The number of guanidine groups is 1. The largest absolute Gasteiger partial charge is 0.383 e. The third-order valence-electron chi connectivity index (χ3n) is 4.39. The fourth-order valence-electron chi connectivity index (χ4n) is 2.78. The summed E-state index contributed by atoms with van der Waals surface area (Å²) in [7, 11) is 1.75. The van der Waals surface area contributed by atoms with Crippen molar-refractivity contribution in [2.75, 3.05) is 59.5 Å². The van der Waals surface area contributed by atoms with Gasteiger partial charge in [-0.05, 0) is 33.6 Å².